The van der Waals surface area contributed by atoms with E-state index in [4.69, 9.17) is 5.11 Å². The molecule has 1 aromatic heterocycles. The zero-order valence-corrected chi connectivity index (χ0v) is 12.8. The van der Waals surface area contributed by atoms with Crippen LogP contribution < -0.4 is 4.72 Å². The van der Waals surface area contributed by atoms with Gasteiger partial charge in [-0.2, -0.15) is 4.72 Å². The van der Waals surface area contributed by atoms with Crippen LogP contribution in [0.2, 0.25) is 0 Å². The molecule has 0 radical (unpaired) electrons. The molecular weight excluding hydrogens is 286 g/mol. The van der Waals surface area contributed by atoms with E-state index in [0.717, 1.165) is 11.3 Å². The quantitative estimate of drug-likeness (QED) is 0.808. The zero-order chi connectivity index (χ0) is 14.6. The minimum absolute atomic E-state index is 0.166. The van der Waals surface area contributed by atoms with Gasteiger partial charge in [-0.05, 0) is 24.5 Å². The van der Waals surface area contributed by atoms with Crippen LogP contribution in [0.1, 0.15) is 32.1 Å². The zero-order valence-electron chi connectivity index (χ0n) is 11.2. The van der Waals surface area contributed by atoms with Crippen LogP contribution in [0.4, 0.5) is 0 Å². The number of carbonyl (C=O) groups is 1. The van der Waals surface area contributed by atoms with Crippen molar-refractivity contribution in [3.63, 3.8) is 0 Å². The lowest BCUT2D eigenvalue weighted by atomic mass is 10.0. The maximum atomic E-state index is 12.1. The first-order chi connectivity index (χ1) is 8.81. The molecule has 0 aliphatic rings. The van der Waals surface area contributed by atoms with Gasteiger partial charge in [-0.15, -0.1) is 11.3 Å². The third kappa shape index (κ3) is 4.02. The number of thiophene rings is 1. The molecule has 0 aliphatic carbocycles. The first-order valence-corrected chi connectivity index (χ1v) is 8.45. The van der Waals surface area contributed by atoms with Crippen LogP contribution in [0.25, 0.3) is 0 Å². The average Bonchev–Trinajstić information content (AvgIpc) is 2.84. The third-order valence-corrected chi connectivity index (χ3v) is 6.17. The Bertz CT molecular complexity index is 536. The fourth-order valence-electron chi connectivity index (χ4n) is 1.56. The number of carboxylic acid groups (broad SMARTS) is 1. The lowest BCUT2D eigenvalue weighted by Gasteiger charge is -2.19. The number of hydrogen-bond donors (Lipinski definition) is 2. The highest BCUT2D eigenvalue weighted by Crippen LogP contribution is 2.23. The van der Waals surface area contributed by atoms with Crippen LogP contribution in [-0.2, 0) is 21.2 Å². The van der Waals surface area contributed by atoms with Gasteiger partial charge in [0.1, 0.15) is 10.3 Å². The van der Waals surface area contributed by atoms with Crippen molar-refractivity contribution in [2.24, 2.45) is 5.92 Å². The van der Waals surface area contributed by atoms with E-state index in [1.807, 2.05) is 13.8 Å². The molecule has 0 aromatic carbocycles. The van der Waals surface area contributed by atoms with Gasteiger partial charge in [-0.3, -0.25) is 4.79 Å². The van der Waals surface area contributed by atoms with Crippen LogP contribution >= 0.6 is 11.3 Å². The molecule has 108 valence electrons. The monoisotopic (exact) mass is 305 g/mol. The highest BCUT2D eigenvalue weighted by molar-refractivity contribution is 7.91. The van der Waals surface area contributed by atoms with E-state index in [1.165, 1.54) is 17.4 Å². The summed E-state index contributed by atoms with van der Waals surface area (Å²) in [6, 6.07) is 2.17. The van der Waals surface area contributed by atoms with E-state index >= 15 is 0 Å². The molecule has 19 heavy (non-hydrogen) atoms. The largest absolute Gasteiger partial charge is 0.480 e. The van der Waals surface area contributed by atoms with Gasteiger partial charge in [0.05, 0.1) is 0 Å². The molecule has 0 saturated carbocycles. The minimum atomic E-state index is -3.76. The lowest BCUT2D eigenvalue weighted by molar-refractivity contribution is -0.140. The fourth-order valence-corrected chi connectivity index (χ4v) is 4.17. The summed E-state index contributed by atoms with van der Waals surface area (Å²) in [5, 5.41) is 9.11. The van der Waals surface area contributed by atoms with Crippen molar-refractivity contribution in [2.75, 3.05) is 0 Å². The van der Waals surface area contributed by atoms with Gasteiger partial charge in [0.2, 0.25) is 0 Å². The number of aryl methyl sites for hydroxylation is 1. The Balaban J connectivity index is 2.97. The predicted octanol–water partition coefficient (Wildman–Crippen LogP) is 2.09. The Kier molecular flexibility index (Phi) is 5.51. The summed E-state index contributed by atoms with van der Waals surface area (Å²) in [5.41, 5.74) is 0. The Morgan fingerprint density at radius 1 is 1.42 bits per heavy atom. The van der Waals surface area contributed by atoms with Crippen LogP contribution in [0, 0.1) is 5.92 Å². The van der Waals surface area contributed by atoms with Crippen molar-refractivity contribution in [3.8, 4) is 0 Å². The average molecular weight is 305 g/mol. The molecule has 1 aromatic rings. The number of hydrogen-bond acceptors (Lipinski definition) is 4. The van der Waals surface area contributed by atoms with Crippen LogP contribution in [0.15, 0.2) is 16.3 Å². The van der Waals surface area contributed by atoms with Gasteiger partial charge in [-0.1, -0.05) is 27.2 Å². The van der Waals surface area contributed by atoms with Gasteiger partial charge in [0.25, 0.3) is 10.0 Å². The maximum absolute atomic E-state index is 12.1. The van der Waals surface area contributed by atoms with E-state index in [2.05, 4.69) is 4.72 Å². The molecule has 0 bridgehead atoms. The van der Waals surface area contributed by atoms with Gasteiger partial charge in [0.15, 0.2) is 0 Å². The normalized spacial score (nSPS) is 15.1. The smallest absolute Gasteiger partial charge is 0.322 e. The Morgan fingerprint density at radius 2 is 2.05 bits per heavy atom. The molecule has 0 aliphatic heterocycles. The highest BCUT2D eigenvalue weighted by Gasteiger charge is 2.30. The van der Waals surface area contributed by atoms with Crippen molar-refractivity contribution in [3.05, 3.63) is 17.0 Å². The third-order valence-electron chi connectivity index (χ3n) is 3.01. The number of aliphatic carboxylic acids is 1. The first kappa shape index (κ1) is 16.1. The van der Waals surface area contributed by atoms with Crippen molar-refractivity contribution < 1.29 is 18.3 Å². The molecule has 1 heterocycles. The Morgan fingerprint density at radius 3 is 2.47 bits per heavy atom. The van der Waals surface area contributed by atoms with Gasteiger partial charge >= 0.3 is 5.97 Å². The van der Waals surface area contributed by atoms with Crippen LogP contribution in [0.5, 0.6) is 0 Å². The number of nitrogens with one attached hydrogen (secondary N) is 1. The number of carboxylic acids is 1. The minimum Gasteiger partial charge on any atom is -0.480 e. The molecule has 5 nitrogen and oxygen atoms in total. The molecule has 0 saturated heterocycles. The molecule has 1 rings (SSSR count). The highest BCUT2D eigenvalue weighted by atomic mass is 32.2. The fraction of sp³-hybridized carbons (Fsp3) is 0.583. The molecule has 0 unspecified atom stereocenters. The summed E-state index contributed by atoms with van der Waals surface area (Å²) in [7, 11) is -3.76. The molecule has 2 atom stereocenters. The van der Waals surface area contributed by atoms with Crippen molar-refractivity contribution in [1.82, 2.24) is 4.72 Å². The topological polar surface area (TPSA) is 83.5 Å². The SMILES string of the molecule is CCc1ccc(S(=O)(=O)N[C@H](C(=O)O)[C@@H](C)CC)s1. The summed E-state index contributed by atoms with van der Waals surface area (Å²) >= 11 is 1.17. The second-order valence-corrected chi connectivity index (χ2v) is 7.51. The van der Waals surface area contributed by atoms with Gasteiger partial charge in [-0.25, -0.2) is 8.42 Å². The van der Waals surface area contributed by atoms with E-state index in [1.54, 1.807) is 13.0 Å². The molecule has 7 heteroatoms. The lowest BCUT2D eigenvalue weighted by Crippen LogP contribution is -2.44. The molecule has 2 N–H and O–H groups in total. The molecular formula is C12H19NO4S2. The number of rotatable bonds is 7. The summed E-state index contributed by atoms with van der Waals surface area (Å²) in [5.74, 6) is -1.41. The molecule has 0 fully saturated rings. The van der Waals surface area contributed by atoms with E-state index < -0.39 is 22.0 Å². The molecule has 0 spiro atoms. The van der Waals surface area contributed by atoms with E-state index in [-0.39, 0.29) is 10.1 Å². The predicted molar refractivity (Wildman–Crippen MR) is 74.9 cm³/mol. The van der Waals surface area contributed by atoms with Gasteiger partial charge in [0, 0.05) is 4.88 Å². The summed E-state index contributed by atoms with van der Waals surface area (Å²) in [6.45, 7) is 5.48. The second kappa shape index (κ2) is 6.49. The maximum Gasteiger partial charge on any atom is 0.322 e. The van der Waals surface area contributed by atoms with Crippen molar-refractivity contribution in [2.45, 2.75) is 43.9 Å². The second-order valence-electron chi connectivity index (χ2n) is 4.40. The molecule has 0 amide bonds. The van der Waals surface area contributed by atoms with Gasteiger partial charge < -0.3 is 5.11 Å². The Hall–Kier alpha value is -0.920. The van der Waals surface area contributed by atoms with E-state index in [9.17, 15) is 13.2 Å². The van der Waals surface area contributed by atoms with E-state index in [0.29, 0.717) is 6.42 Å². The van der Waals surface area contributed by atoms with Crippen molar-refractivity contribution in [1.29, 1.82) is 0 Å². The summed E-state index contributed by atoms with van der Waals surface area (Å²) < 4.78 is 26.7. The summed E-state index contributed by atoms with van der Waals surface area (Å²) in [6.07, 6.45) is 1.35. The van der Waals surface area contributed by atoms with Crippen LogP contribution in [-0.4, -0.2) is 25.5 Å². The summed E-state index contributed by atoms with van der Waals surface area (Å²) in [4.78, 5) is 12.1. The van der Waals surface area contributed by atoms with Crippen LogP contribution in [0.3, 0.4) is 0 Å². The Labute approximate surface area is 117 Å². The number of sulfonamides is 1. The first-order valence-electron chi connectivity index (χ1n) is 6.15. The standard InChI is InChI=1S/C12H19NO4S2/c1-4-8(3)11(12(14)15)13-19(16,17)10-7-6-9(5-2)18-10/h6-8,11,13H,4-5H2,1-3H3,(H,14,15)/t8-,11-/m0/s1. The van der Waals surface area contributed by atoms with Crippen molar-refractivity contribution >= 4 is 27.3 Å².